The standard InChI is InChI=1S/C38H39Cl2N3O7/c1-46-29-10-8-28(9-11-29)43(38(45)50-36-23-42-15-13-25(36)14-16-42)22-24-5-4-6-27(17-24)37(44)49-34(19-30-31(39)20-41-21-32(30)40)26-7-12-33(47-2)35(18-26)48-3/h4-12,17-18,20-21,25,34,36H,13-16,19,22-23H2,1-3H3/t34-,36-/m0/s1. The monoisotopic (exact) mass is 719 g/mol. The van der Waals surface area contributed by atoms with E-state index in [2.05, 4.69) is 9.88 Å². The lowest BCUT2D eigenvalue weighted by Crippen LogP contribution is -2.53. The van der Waals surface area contributed by atoms with Crippen molar-refractivity contribution in [3.63, 3.8) is 0 Å². The van der Waals surface area contributed by atoms with Crippen molar-refractivity contribution in [1.82, 2.24) is 9.88 Å². The molecular formula is C38H39Cl2N3O7. The van der Waals surface area contributed by atoms with E-state index in [4.69, 9.17) is 46.9 Å². The van der Waals surface area contributed by atoms with E-state index in [0.29, 0.717) is 61.2 Å². The van der Waals surface area contributed by atoms with Gasteiger partial charge in [-0.25, -0.2) is 9.59 Å². The van der Waals surface area contributed by atoms with Crippen LogP contribution in [-0.2, 0) is 22.4 Å². The zero-order valence-corrected chi connectivity index (χ0v) is 29.7. The molecule has 4 aromatic rings. The normalized spacial score (nSPS) is 18.5. The van der Waals surface area contributed by atoms with E-state index in [1.54, 1.807) is 67.7 Å². The number of methoxy groups -OCH3 is 3. The summed E-state index contributed by atoms with van der Waals surface area (Å²) in [6.07, 6.45) is 3.81. The fourth-order valence-corrected chi connectivity index (χ4v) is 7.06. The number of anilines is 1. The molecule has 3 saturated heterocycles. The fraction of sp³-hybridized carbons (Fsp3) is 0.342. The molecule has 0 saturated carbocycles. The average molecular weight is 721 g/mol. The highest BCUT2D eigenvalue weighted by atomic mass is 35.5. The van der Waals surface area contributed by atoms with E-state index in [1.165, 1.54) is 19.5 Å². The number of hydrogen-bond donors (Lipinski definition) is 0. The molecule has 0 N–H and O–H groups in total. The number of ether oxygens (including phenoxy) is 5. The summed E-state index contributed by atoms with van der Waals surface area (Å²) in [5.74, 6) is 1.46. The maximum Gasteiger partial charge on any atom is 0.414 e. The lowest BCUT2D eigenvalue weighted by molar-refractivity contribution is -0.0311. The Balaban J connectivity index is 1.25. The number of carbonyl (C=O) groups excluding carboxylic acids is 2. The van der Waals surface area contributed by atoms with Crippen LogP contribution in [0.2, 0.25) is 10.0 Å². The maximum atomic E-state index is 13.8. The first-order chi connectivity index (χ1) is 24.3. The molecule has 262 valence electrons. The summed E-state index contributed by atoms with van der Waals surface area (Å²) in [5.41, 5.74) is 2.90. The number of aromatic nitrogens is 1. The van der Waals surface area contributed by atoms with Gasteiger partial charge in [-0.3, -0.25) is 14.8 Å². The van der Waals surface area contributed by atoms with Gasteiger partial charge in [0, 0.05) is 31.0 Å². The Morgan fingerprint density at radius 3 is 2.26 bits per heavy atom. The largest absolute Gasteiger partial charge is 0.497 e. The number of esters is 1. The zero-order chi connectivity index (χ0) is 35.2. The zero-order valence-electron chi connectivity index (χ0n) is 28.1. The second kappa shape index (κ2) is 16.0. The molecule has 1 aromatic heterocycles. The average Bonchev–Trinajstić information content (AvgIpc) is 3.15. The van der Waals surface area contributed by atoms with Gasteiger partial charge in [0.15, 0.2) is 11.5 Å². The molecule has 3 fully saturated rings. The van der Waals surface area contributed by atoms with Gasteiger partial charge in [0.1, 0.15) is 18.0 Å². The molecule has 4 heterocycles. The Morgan fingerprint density at radius 1 is 0.900 bits per heavy atom. The van der Waals surface area contributed by atoms with Gasteiger partial charge in [-0.1, -0.05) is 41.4 Å². The van der Waals surface area contributed by atoms with E-state index in [1.807, 2.05) is 18.2 Å². The predicted molar refractivity (Wildman–Crippen MR) is 191 cm³/mol. The van der Waals surface area contributed by atoms with Crippen LogP contribution in [0.15, 0.2) is 79.1 Å². The number of amides is 1. The van der Waals surface area contributed by atoms with E-state index >= 15 is 0 Å². The minimum absolute atomic E-state index is 0.161. The number of nitrogens with zero attached hydrogens (tertiary/aromatic N) is 3. The Kier molecular flexibility index (Phi) is 11.3. The number of hydrogen-bond acceptors (Lipinski definition) is 9. The predicted octanol–water partition coefficient (Wildman–Crippen LogP) is 7.79. The first-order valence-corrected chi connectivity index (χ1v) is 17.2. The van der Waals surface area contributed by atoms with Crippen LogP contribution in [0.1, 0.15) is 46.0 Å². The maximum absolute atomic E-state index is 13.8. The summed E-state index contributed by atoms with van der Waals surface area (Å²) in [6, 6.07) is 19.5. The van der Waals surface area contributed by atoms with Crippen LogP contribution in [-0.4, -0.2) is 69.0 Å². The number of benzene rings is 3. The van der Waals surface area contributed by atoms with Crippen LogP contribution >= 0.6 is 23.2 Å². The van der Waals surface area contributed by atoms with E-state index in [-0.39, 0.29) is 19.1 Å². The van der Waals surface area contributed by atoms with Gasteiger partial charge >= 0.3 is 12.1 Å². The number of piperidine rings is 3. The van der Waals surface area contributed by atoms with Crippen molar-refractivity contribution in [1.29, 1.82) is 0 Å². The first-order valence-electron chi connectivity index (χ1n) is 16.4. The van der Waals surface area contributed by atoms with Crippen molar-refractivity contribution in [2.24, 2.45) is 5.92 Å². The molecule has 0 aliphatic carbocycles. The molecule has 50 heavy (non-hydrogen) atoms. The third-order valence-corrected chi connectivity index (χ3v) is 9.98. The quantitative estimate of drug-likeness (QED) is 0.136. The molecular weight excluding hydrogens is 681 g/mol. The number of halogens is 2. The van der Waals surface area contributed by atoms with Gasteiger partial charge in [-0.05, 0) is 97.1 Å². The SMILES string of the molecule is COc1ccc(N(Cc2cccc(C(=O)O[C@@H](Cc3c(Cl)cncc3Cl)c3ccc(OC)c(OC)c3)c2)C(=O)O[C@H]2CN3CCC2CC3)cc1. The number of carbonyl (C=O) groups is 2. The van der Waals surface area contributed by atoms with Gasteiger partial charge in [-0.2, -0.15) is 0 Å². The van der Waals surface area contributed by atoms with Gasteiger partial charge in [0.2, 0.25) is 0 Å². The van der Waals surface area contributed by atoms with Crippen molar-refractivity contribution in [3.05, 3.63) is 111 Å². The molecule has 3 aromatic carbocycles. The van der Waals surface area contributed by atoms with Crippen LogP contribution in [0.3, 0.4) is 0 Å². The van der Waals surface area contributed by atoms with Crippen molar-refractivity contribution >= 4 is 41.0 Å². The molecule has 3 aliphatic heterocycles. The minimum atomic E-state index is -0.796. The summed E-state index contributed by atoms with van der Waals surface area (Å²) in [5, 5.41) is 0.703. The topological polar surface area (TPSA) is 99.7 Å². The highest BCUT2D eigenvalue weighted by Gasteiger charge is 2.37. The lowest BCUT2D eigenvalue weighted by Gasteiger charge is -2.44. The summed E-state index contributed by atoms with van der Waals surface area (Å²) in [7, 11) is 4.67. The highest BCUT2D eigenvalue weighted by Crippen LogP contribution is 2.36. The van der Waals surface area contributed by atoms with Crippen LogP contribution < -0.4 is 19.1 Å². The van der Waals surface area contributed by atoms with Crippen LogP contribution in [0.25, 0.3) is 0 Å². The van der Waals surface area contributed by atoms with Crippen LogP contribution in [0.4, 0.5) is 10.5 Å². The molecule has 3 aliphatic rings. The van der Waals surface area contributed by atoms with Gasteiger partial charge in [0.05, 0.1) is 43.5 Å². The van der Waals surface area contributed by atoms with Crippen molar-refractivity contribution in [2.45, 2.75) is 38.0 Å². The van der Waals surface area contributed by atoms with E-state index < -0.39 is 18.2 Å². The molecule has 0 radical (unpaired) electrons. The highest BCUT2D eigenvalue weighted by molar-refractivity contribution is 6.35. The van der Waals surface area contributed by atoms with E-state index in [9.17, 15) is 9.59 Å². The minimum Gasteiger partial charge on any atom is -0.497 e. The van der Waals surface area contributed by atoms with Crippen molar-refractivity contribution in [3.8, 4) is 17.2 Å². The van der Waals surface area contributed by atoms with Crippen molar-refractivity contribution in [2.75, 3.05) is 45.9 Å². The second-order valence-corrected chi connectivity index (χ2v) is 13.2. The molecule has 12 heteroatoms. The third kappa shape index (κ3) is 8.09. The summed E-state index contributed by atoms with van der Waals surface area (Å²) in [4.78, 5) is 35.6. The number of pyridine rings is 1. The Bertz CT molecular complexity index is 1790. The van der Waals surface area contributed by atoms with Crippen LogP contribution in [0, 0.1) is 5.92 Å². The first kappa shape index (κ1) is 35.3. The Morgan fingerprint density at radius 2 is 1.62 bits per heavy atom. The number of fused-ring (bicyclic) bond motifs is 3. The molecule has 0 spiro atoms. The molecule has 7 rings (SSSR count). The van der Waals surface area contributed by atoms with Crippen molar-refractivity contribution < 1.29 is 33.3 Å². The molecule has 0 unspecified atom stereocenters. The molecule has 10 nitrogen and oxygen atoms in total. The van der Waals surface area contributed by atoms with Gasteiger partial charge in [0.25, 0.3) is 0 Å². The molecule has 1 amide bonds. The van der Waals surface area contributed by atoms with Crippen LogP contribution in [0.5, 0.6) is 17.2 Å². The van der Waals surface area contributed by atoms with Gasteiger partial charge < -0.3 is 23.7 Å². The summed E-state index contributed by atoms with van der Waals surface area (Å²) >= 11 is 13.0. The lowest BCUT2D eigenvalue weighted by atomic mass is 9.86. The fourth-order valence-electron chi connectivity index (χ4n) is 6.54. The Hall–Kier alpha value is -4.51. The van der Waals surface area contributed by atoms with E-state index in [0.717, 1.165) is 32.5 Å². The smallest absolute Gasteiger partial charge is 0.414 e. The molecule has 2 atom stereocenters. The molecule has 2 bridgehead atoms. The second-order valence-electron chi connectivity index (χ2n) is 12.3. The summed E-state index contributed by atoms with van der Waals surface area (Å²) < 4.78 is 28.6. The number of rotatable bonds is 12. The summed E-state index contributed by atoms with van der Waals surface area (Å²) in [6.45, 7) is 2.98. The third-order valence-electron chi connectivity index (χ3n) is 9.33. The Labute approximate surface area is 301 Å². The van der Waals surface area contributed by atoms with Gasteiger partial charge in [-0.15, -0.1) is 0 Å².